The van der Waals surface area contributed by atoms with Gasteiger partial charge in [-0.25, -0.2) is 13.1 Å². The van der Waals surface area contributed by atoms with Crippen LogP contribution < -0.4 is 10.0 Å². The van der Waals surface area contributed by atoms with Crippen LogP contribution in [-0.2, 0) is 40.6 Å². The number of aromatic nitrogens is 1. The van der Waals surface area contributed by atoms with E-state index in [1.807, 2.05) is 54.2 Å². The van der Waals surface area contributed by atoms with Gasteiger partial charge in [-0.1, -0.05) is 42.5 Å². The lowest BCUT2D eigenvalue weighted by Crippen LogP contribution is -2.31. The van der Waals surface area contributed by atoms with E-state index >= 15 is 0 Å². The van der Waals surface area contributed by atoms with Crippen molar-refractivity contribution in [2.24, 2.45) is 7.05 Å². The molecule has 2 N–H and O–H groups in total. The highest BCUT2D eigenvalue weighted by Gasteiger charge is 2.13. The third-order valence-corrected chi connectivity index (χ3v) is 6.16. The van der Waals surface area contributed by atoms with Crippen LogP contribution in [0.4, 0.5) is 0 Å². The van der Waals surface area contributed by atoms with Crippen molar-refractivity contribution in [3.63, 3.8) is 0 Å². The minimum atomic E-state index is -3.34. The van der Waals surface area contributed by atoms with Crippen molar-refractivity contribution >= 4 is 26.8 Å². The van der Waals surface area contributed by atoms with E-state index in [2.05, 4.69) is 10.0 Å². The summed E-state index contributed by atoms with van der Waals surface area (Å²) in [5, 5.41) is 4.03. The third-order valence-electron chi connectivity index (χ3n) is 4.62. The summed E-state index contributed by atoms with van der Waals surface area (Å²) in [6.07, 6.45) is 2.31. The van der Waals surface area contributed by atoms with Crippen LogP contribution in [0, 0.1) is 0 Å². The number of fused-ring (bicyclic) bond motifs is 1. The minimum absolute atomic E-state index is 0.0471. The predicted octanol–water partition coefficient (Wildman–Crippen LogP) is 2.87. The molecule has 0 unspecified atom stereocenters. The zero-order valence-electron chi connectivity index (χ0n) is 17.0. The van der Waals surface area contributed by atoms with Gasteiger partial charge in [0.25, 0.3) is 0 Å². The number of para-hydroxylation sites is 1. The van der Waals surface area contributed by atoms with Crippen molar-refractivity contribution in [3.05, 3.63) is 71.4 Å². The molecule has 0 radical (unpaired) electrons. The molecule has 1 heterocycles. The Morgan fingerprint density at radius 2 is 1.69 bits per heavy atom. The number of rotatable bonds is 8. The molecule has 0 saturated carbocycles. The maximum Gasteiger partial charge on any atom is 0.224 e. The second kappa shape index (κ2) is 8.80. The van der Waals surface area contributed by atoms with Crippen molar-refractivity contribution in [2.45, 2.75) is 38.6 Å². The van der Waals surface area contributed by atoms with Crippen molar-refractivity contribution in [3.8, 4) is 0 Å². The Bertz CT molecular complexity index is 1100. The highest BCUT2D eigenvalue weighted by Crippen LogP contribution is 2.20. The van der Waals surface area contributed by atoms with E-state index in [0.29, 0.717) is 18.5 Å². The quantitative estimate of drug-likeness (QED) is 0.596. The normalized spacial score (nSPS) is 11.9. The average Bonchev–Trinajstić information content (AvgIpc) is 2.96. The van der Waals surface area contributed by atoms with Gasteiger partial charge in [0.05, 0.1) is 12.2 Å². The van der Waals surface area contributed by atoms with Gasteiger partial charge in [0.2, 0.25) is 15.9 Å². The molecule has 3 aromatic rings. The lowest BCUT2D eigenvalue weighted by atomic mass is 10.1. The molecule has 154 valence electrons. The molecule has 7 heteroatoms. The number of carbonyl (C=O) groups excluding carboxylic acids is 1. The van der Waals surface area contributed by atoms with E-state index < -0.39 is 10.0 Å². The number of aryl methyl sites for hydroxylation is 1. The molecule has 0 aliphatic rings. The zero-order valence-corrected chi connectivity index (χ0v) is 17.8. The Balaban J connectivity index is 1.56. The minimum Gasteiger partial charge on any atom is -0.352 e. The summed E-state index contributed by atoms with van der Waals surface area (Å²) in [5.41, 5.74) is 3.74. The van der Waals surface area contributed by atoms with E-state index in [1.54, 1.807) is 26.0 Å². The summed E-state index contributed by atoms with van der Waals surface area (Å²) >= 11 is 0. The maximum atomic E-state index is 12.4. The van der Waals surface area contributed by atoms with Crippen LogP contribution >= 0.6 is 0 Å². The SMILES string of the molecule is CC(C)NS(=O)(=O)Cc1ccc(CNC(=O)Cc2cn(C)c3ccccc23)cc1. The van der Waals surface area contributed by atoms with E-state index in [-0.39, 0.29) is 17.7 Å². The highest BCUT2D eigenvalue weighted by atomic mass is 32.2. The number of nitrogens with one attached hydrogen (secondary N) is 2. The molecule has 0 spiro atoms. The smallest absolute Gasteiger partial charge is 0.224 e. The second-order valence-electron chi connectivity index (χ2n) is 7.58. The molecule has 3 rings (SSSR count). The highest BCUT2D eigenvalue weighted by molar-refractivity contribution is 7.88. The topological polar surface area (TPSA) is 80.2 Å². The van der Waals surface area contributed by atoms with Crippen molar-refractivity contribution in [1.29, 1.82) is 0 Å². The van der Waals surface area contributed by atoms with Crippen LogP contribution in [0.15, 0.2) is 54.7 Å². The molecule has 0 saturated heterocycles. The van der Waals surface area contributed by atoms with Crippen LogP contribution in [0.5, 0.6) is 0 Å². The average molecular weight is 414 g/mol. The van der Waals surface area contributed by atoms with Crippen LogP contribution in [-0.4, -0.2) is 24.9 Å². The molecule has 0 aliphatic carbocycles. The van der Waals surface area contributed by atoms with Gasteiger partial charge in [-0.3, -0.25) is 4.79 Å². The van der Waals surface area contributed by atoms with Crippen molar-refractivity contribution in [2.75, 3.05) is 0 Å². The Hall–Kier alpha value is -2.64. The van der Waals surface area contributed by atoms with Gasteiger partial charge in [0.1, 0.15) is 0 Å². The van der Waals surface area contributed by atoms with Gasteiger partial charge in [-0.05, 0) is 36.6 Å². The fourth-order valence-corrected chi connectivity index (χ4v) is 4.81. The molecule has 0 aliphatic heterocycles. The van der Waals surface area contributed by atoms with E-state index in [0.717, 1.165) is 22.0 Å². The molecular formula is C22H27N3O3S. The zero-order chi connectivity index (χ0) is 21.0. The molecule has 1 amide bonds. The van der Waals surface area contributed by atoms with E-state index in [1.165, 1.54) is 0 Å². The van der Waals surface area contributed by atoms with Crippen LogP contribution in [0.3, 0.4) is 0 Å². The molecule has 0 bridgehead atoms. The van der Waals surface area contributed by atoms with Crippen molar-refractivity contribution < 1.29 is 13.2 Å². The standard InChI is InChI=1S/C22H27N3O3S/c1-16(2)24-29(27,28)15-18-10-8-17(9-11-18)13-23-22(26)12-19-14-25(3)21-7-5-4-6-20(19)21/h4-11,14,16,24H,12-13,15H2,1-3H3,(H,23,26). The lowest BCUT2D eigenvalue weighted by Gasteiger charge is -2.10. The summed E-state index contributed by atoms with van der Waals surface area (Å²) in [4.78, 5) is 12.4. The number of hydrogen-bond donors (Lipinski definition) is 2. The number of nitrogens with zero attached hydrogens (tertiary/aromatic N) is 1. The number of carbonyl (C=O) groups is 1. The van der Waals surface area contributed by atoms with E-state index in [4.69, 9.17) is 0 Å². The fraction of sp³-hybridized carbons (Fsp3) is 0.318. The van der Waals surface area contributed by atoms with E-state index in [9.17, 15) is 13.2 Å². The molecule has 0 atom stereocenters. The first kappa shape index (κ1) is 21.1. The first-order valence-electron chi connectivity index (χ1n) is 9.61. The van der Waals surface area contributed by atoms with Crippen LogP contribution in [0.25, 0.3) is 10.9 Å². The third kappa shape index (κ3) is 5.68. The summed E-state index contributed by atoms with van der Waals surface area (Å²) < 4.78 is 28.6. The molecule has 29 heavy (non-hydrogen) atoms. The summed E-state index contributed by atoms with van der Waals surface area (Å²) in [6.45, 7) is 3.99. The lowest BCUT2D eigenvalue weighted by molar-refractivity contribution is -0.120. The van der Waals surface area contributed by atoms with Crippen LogP contribution in [0.1, 0.15) is 30.5 Å². The summed E-state index contributed by atoms with van der Waals surface area (Å²) in [6, 6.07) is 15.2. The van der Waals surface area contributed by atoms with Gasteiger partial charge in [-0.15, -0.1) is 0 Å². The molecule has 0 fully saturated rings. The second-order valence-corrected chi connectivity index (χ2v) is 9.34. The monoisotopic (exact) mass is 413 g/mol. The first-order valence-corrected chi connectivity index (χ1v) is 11.3. The predicted molar refractivity (Wildman–Crippen MR) is 116 cm³/mol. The Morgan fingerprint density at radius 1 is 1.03 bits per heavy atom. The van der Waals surface area contributed by atoms with Gasteiger partial charge in [-0.2, -0.15) is 0 Å². The number of sulfonamides is 1. The Kier molecular flexibility index (Phi) is 6.39. The number of amides is 1. The summed E-state index contributed by atoms with van der Waals surface area (Å²) in [5.74, 6) is -0.104. The maximum absolute atomic E-state index is 12.4. The molecule has 1 aromatic heterocycles. The Labute approximate surface area is 172 Å². The van der Waals surface area contributed by atoms with Gasteiger partial charge < -0.3 is 9.88 Å². The van der Waals surface area contributed by atoms with Gasteiger partial charge in [0.15, 0.2) is 0 Å². The fourth-order valence-electron chi connectivity index (χ4n) is 3.38. The van der Waals surface area contributed by atoms with Crippen molar-refractivity contribution in [1.82, 2.24) is 14.6 Å². The number of hydrogen-bond acceptors (Lipinski definition) is 3. The van der Waals surface area contributed by atoms with Gasteiger partial charge in [0, 0.05) is 36.7 Å². The van der Waals surface area contributed by atoms with Crippen LogP contribution in [0.2, 0.25) is 0 Å². The largest absolute Gasteiger partial charge is 0.352 e. The number of benzene rings is 2. The Morgan fingerprint density at radius 3 is 2.38 bits per heavy atom. The summed E-state index contributed by atoms with van der Waals surface area (Å²) in [7, 11) is -1.37. The van der Waals surface area contributed by atoms with Gasteiger partial charge >= 0.3 is 0 Å². The first-order chi connectivity index (χ1) is 13.7. The molecule has 2 aromatic carbocycles. The molecular weight excluding hydrogens is 386 g/mol. The molecule has 6 nitrogen and oxygen atoms in total.